The third kappa shape index (κ3) is 5.63. The van der Waals surface area contributed by atoms with Crippen molar-refractivity contribution in [3.63, 3.8) is 0 Å². The number of halogens is 1. The first-order chi connectivity index (χ1) is 17.7. The molecule has 1 N–H and O–H groups in total. The lowest BCUT2D eigenvalue weighted by Crippen LogP contribution is -2.46. The molecule has 2 heterocycles. The molecule has 11 nitrogen and oxygen atoms in total. The lowest BCUT2D eigenvalue weighted by Gasteiger charge is -2.27. The van der Waals surface area contributed by atoms with E-state index in [1.165, 1.54) is 36.4 Å². The summed E-state index contributed by atoms with van der Waals surface area (Å²) in [6.07, 6.45) is -4.36. The summed E-state index contributed by atoms with van der Waals surface area (Å²) < 4.78 is 84.5. The molecule has 0 radical (unpaired) electrons. The van der Waals surface area contributed by atoms with Crippen molar-refractivity contribution in [2.75, 3.05) is 6.61 Å². The fourth-order valence-electron chi connectivity index (χ4n) is 3.93. The highest BCUT2D eigenvalue weighted by molar-refractivity contribution is 7.87. The maximum absolute atomic E-state index is 16.3. The van der Waals surface area contributed by atoms with E-state index in [0.29, 0.717) is 4.57 Å². The zero-order valence-corrected chi connectivity index (χ0v) is 22.2. The predicted octanol–water partition coefficient (Wildman–Crippen LogP) is 1.96. The zero-order valence-electron chi connectivity index (χ0n) is 20.5. The van der Waals surface area contributed by atoms with E-state index in [2.05, 4.69) is 0 Å². The molecule has 0 amide bonds. The standard InChI is InChI=1S/C24H25FN2O9S2/c1-15-4-8-17(9-5-15)37(30,31)34-14-19-21(36-38(32,33)18-10-6-16(2)7-11-18)24(3,25)22(35-19)27-13-12-20(28)26-23(27)29/h4-13,19,21-22H,14H2,1-3H3,(H,26,28,29)/t19-,21-,22?,24-/m1/s1. The summed E-state index contributed by atoms with van der Waals surface area (Å²) in [6, 6.07) is 12.3. The van der Waals surface area contributed by atoms with Crippen LogP contribution in [0.4, 0.5) is 4.39 Å². The molecule has 1 aromatic heterocycles. The number of nitrogens with one attached hydrogen (secondary N) is 1. The predicted molar refractivity (Wildman–Crippen MR) is 132 cm³/mol. The van der Waals surface area contributed by atoms with Gasteiger partial charge in [-0.2, -0.15) is 16.8 Å². The van der Waals surface area contributed by atoms with Crippen LogP contribution >= 0.6 is 0 Å². The van der Waals surface area contributed by atoms with Gasteiger partial charge in [0, 0.05) is 12.3 Å². The van der Waals surface area contributed by atoms with E-state index in [0.717, 1.165) is 30.3 Å². The number of nitrogens with zero attached hydrogens (tertiary/aromatic N) is 1. The van der Waals surface area contributed by atoms with Gasteiger partial charge in [-0.25, -0.2) is 9.18 Å². The molecule has 204 valence electrons. The third-order valence-corrected chi connectivity index (χ3v) is 8.63. The van der Waals surface area contributed by atoms with Crippen LogP contribution < -0.4 is 11.2 Å². The number of hydrogen-bond acceptors (Lipinski definition) is 9. The van der Waals surface area contributed by atoms with Crippen molar-refractivity contribution < 1.29 is 34.3 Å². The summed E-state index contributed by atoms with van der Waals surface area (Å²) in [5.41, 5.74) is -2.90. The molecule has 0 spiro atoms. The van der Waals surface area contributed by atoms with Crippen molar-refractivity contribution in [1.82, 2.24) is 9.55 Å². The lowest BCUT2D eigenvalue weighted by atomic mass is 9.98. The minimum Gasteiger partial charge on any atom is -0.346 e. The molecule has 4 atom stereocenters. The number of rotatable bonds is 8. The largest absolute Gasteiger partial charge is 0.346 e. The summed E-state index contributed by atoms with van der Waals surface area (Å²) >= 11 is 0. The summed E-state index contributed by atoms with van der Waals surface area (Å²) in [6.45, 7) is 3.62. The van der Waals surface area contributed by atoms with Crippen LogP contribution in [0, 0.1) is 13.8 Å². The Balaban J connectivity index is 1.69. The van der Waals surface area contributed by atoms with E-state index >= 15 is 4.39 Å². The fourth-order valence-corrected chi connectivity index (χ4v) is 6.02. The Kier molecular flexibility index (Phi) is 7.47. The highest BCUT2D eigenvalue weighted by atomic mass is 32.2. The van der Waals surface area contributed by atoms with Crippen molar-refractivity contribution in [2.24, 2.45) is 0 Å². The Morgan fingerprint density at radius 2 is 1.45 bits per heavy atom. The summed E-state index contributed by atoms with van der Waals surface area (Å²) in [4.78, 5) is 25.4. The molecular weight excluding hydrogens is 543 g/mol. The van der Waals surface area contributed by atoms with Crippen LogP contribution in [0.3, 0.4) is 0 Å². The summed E-state index contributed by atoms with van der Waals surface area (Å²) in [5.74, 6) is 0. The molecule has 1 saturated heterocycles. The monoisotopic (exact) mass is 568 g/mol. The van der Waals surface area contributed by atoms with Crippen molar-refractivity contribution in [1.29, 1.82) is 0 Å². The van der Waals surface area contributed by atoms with E-state index < -0.39 is 62.2 Å². The average Bonchev–Trinajstić information content (AvgIpc) is 3.07. The minimum absolute atomic E-state index is 0.178. The second-order valence-electron chi connectivity index (χ2n) is 9.03. The normalized spacial score (nSPS) is 23.9. The number of ether oxygens (including phenoxy) is 1. The number of aromatic amines is 1. The maximum atomic E-state index is 16.3. The Hall–Kier alpha value is -3.17. The molecule has 2 aromatic carbocycles. The average molecular weight is 569 g/mol. The molecule has 1 unspecified atom stereocenters. The Labute approximate surface area is 218 Å². The number of benzene rings is 2. The molecular formula is C24H25FN2O9S2. The van der Waals surface area contributed by atoms with Gasteiger partial charge in [-0.05, 0) is 45.0 Å². The molecule has 38 heavy (non-hydrogen) atoms. The van der Waals surface area contributed by atoms with Crippen molar-refractivity contribution in [3.05, 3.63) is 92.8 Å². The Morgan fingerprint density at radius 3 is 1.97 bits per heavy atom. The minimum atomic E-state index is -4.57. The number of hydrogen-bond donors (Lipinski definition) is 1. The molecule has 14 heteroatoms. The van der Waals surface area contributed by atoms with E-state index in [1.54, 1.807) is 26.0 Å². The van der Waals surface area contributed by atoms with Gasteiger partial charge in [0.05, 0.1) is 16.4 Å². The molecule has 3 aromatic rings. The van der Waals surface area contributed by atoms with Gasteiger partial charge in [-0.15, -0.1) is 0 Å². The molecule has 0 bridgehead atoms. The van der Waals surface area contributed by atoms with E-state index in [9.17, 15) is 26.4 Å². The van der Waals surface area contributed by atoms with Gasteiger partial charge in [0.15, 0.2) is 11.9 Å². The van der Waals surface area contributed by atoms with Crippen LogP contribution in [0.25, 0.3) is 0 Å². The van der Waals surface area contributed by atoms with Gasteiger partial charge in [0.1, 0.15) is 12.2 Å². The van der Waals surface area contributed by atoms with Crippen LogP contribution in [-0.4, -0.2) is 50.9 Å². The van der Waals surface area contributed by atoms with Crippen LogP contribution in [0.5, 0.6) is 0 Å². The van der Waals surface area contributed by atoms with Gasteiger partial charge in [0.25, 0.3) is 25.8 Å². The molecule has 1 aliphatic heterocycles. The van der Waals surface area contributed by atoms with Gasteiger partial charge in [0.2, 0.25) is 0 Å². The Morgan fingerprint density at radius 1 is 0.921 bits per heavy atom. The molecule has 0 saturated carbocycles. The number of alkyl halides is 1. The SMILES string of the molecule is Cc1ccc(S(=O)(=O)OC[C@H]2OC(n3ccc(=O)[nH]c3=O)[C@](C)(F)[C@@H]2OS(=O)(=O)c2ccc(C)cc2)cc1. The van der Waals surface area contributed by atoms with Gasteiger partial charge in [-0.3, -0.25) is 22.7 Å². The van der Waals surface area contributed by atoms with Gasteiger partial charge < -0.3 is 4.74 Å². The lowest BCUT2D eigenvalue weighted by molar-refractivity contribution is -0.0581. The molecule has 1 aliphatic rings. The Bertz CT molecular complexity index is 1650. The highest BCUT2D eigenvalue weighted by Crippen LogP contribution is 2.44. The van der Waals surface area contributed by atoms with Crippen molar-refractivity contribution in [2.45, 2.75) is 54.7 Å². The van der Waals surface area contributed by atoms with Crippen molar-refractivity contribution >= 4 is 20.2 Å². The van der Waals surface area contributed by atoms with E-state index in [-0.39, 0.29) is 9.79 Å². The van der Waals surface area contributed by atoms with Gasteiger partial charge >= 0.3 is 5.69 Å². The summed E-state index contributed by atoms with van der Waals surface area (Å²) in [7, 11) is -8.91. The second-order valence-corrected chi connectivity index (χ2v) is 12.2. The first-order valence-corrected chi connectivity index (χ1v) is 14.1. The second kappa shape index (κ2) is 10.2. The number of H-pyrrole nitrogens is 1. The quantitative estimate of drug-likeness (QED) is 0.402. The first-order valence-electron chi connectivity index (χ1n) is 11.3. The smallest absolute Gasteiger partial charge is 0.330 e. The summed E-state index contributed by atoms with van der Waals surface area (Å²) in [5, 5.41) is 0. The van der Waals surface area contributed by atoms with Crippen molar-refractivity contribution in [3.8, 4) is 0 Å². The topological polar surface area (TPSA) is 151 Å². The van der Waals surface area contributed by atoms with Crippen LogP contribution in [0.1, 0.15) is 24.3 Å². The molecule has 4 rings (SSSR count). The third-order valence-electron chi connectivity index (χ3n) is 6.02. The first kappa shape index (κ1) is 27.9. The van der Waals surface area contributed by atoms with E-state index in [4.69, 9.17) is 13.1 Å². The van der Waals surface area contributed by atoms with E-state index in [1.807, 2.05) is 4.98 Å². The number of aryl methyl sites for hydroxylation is 2. The van der Waals surface area contributed by atoms with Crippen LogP contribution in [0.15, 0.2) is 80.2 Å². The zero-order chi connectivity index (χ0) is 27.9. The number of aromatic nitrogens is 2. The van der Waals surface area contributed by atoms with Crippen LogP contribution in [0.2, 0.25) is 0 Å². The molecule has 0 aliphatic carbocycles. The van der Waals surface area contributed by atoms with Gasteiger partial charge in [-0.1, -0.05) is 35.4 Å². The fraction of sp³-hybridized carbons (Fsp3) is 0.333. The molecule has 1 fully saturated rings. The van der Waals surface area contributed by atoms with Crippen LogP contribution in [-0.2, 0) is 33.3 Å². The highest BCUT2D eigenvalue weighted by Gasteiger charge is 2.58. The maximum Gasteiger partial charge on any atom is 0.330 e.